The summed E-state index contributed by atoms with van der Waals surface area (Å²) in [4.78, 5) is 11.1. The highest BCUT2D eigenvalue weighted by atomic mass is 35.5. The maximum absolute atomic E-state index is 12.2. The lowest BCUT2D eigenvalue weighted by atomic mass is 10.3. The van der Waals surface area contributed by atoms with Crippen LogP contribution in [0.4, 0.5) is 0 Å². The van der Waals surface area contributed by atoms with Crippen LogP contribution in [0.15, 0.2) is 29.2 Å². The van der Waals surface area contributed by atoms with E-state index in [0.29, 0.717) is 11.4 Å². The molecule has 0 unspecified atom stereocenters. The molecule has 0 fully saturated rings. The van der Waals surface area contributed by atoms with E-state index >= 15 is 0 Å². The largest absolute Gasteiger partial charge is 0.469 e. The number of rotatable bonds is 6. The summed E-state index contributed by atoms with van der Waals surface area (Å²) >= 11 is 5.78. The van der Waals surface area contributed by atoms with Crippen molar-refractivity contribution in [2.24, 2.45) is 0 Å². The number of sulfonamides is 1. The molecule has 19 heavy (non-hydrogen) atoms. The Bertz CT molecular complexity index is 544. The number of esters is 1. The van der Waals surface area contributed by atoms with E-state index in [1.165, 1.54) is 30.6 Å². The van der Waals surface area contributed by atoms with Crippen molar-refractivity contribution in [3.8, 4) is 0 Å². The second-order valence-electron chi connectivity index (χ2n) is 3.96. The van der Waals surface area contributed by atoms with Gasteiger partial charge in [-0.05, 0) is 24.6 Å². The van der Waals surface area contributed by atoms with Crippen molar-refractivity contribution in [2.75, 3.05) is 20.7 Å². The van der Waals surface area contributed by atoms with Gasteiger partial charge in [0.15, 0.2) is 0 Å². The van der Waals surface area contributed by atoms with Crippen LogP contribution in [0.2, 0.25) is 5.02 Å². The van der Waals surface area contributed by atoms with E-state index in [9.17, 15) is 13.2 Å². The first-order valence-corrected chi connectivity index (χ1v) is 7.48. The first-order chi connectivity index (χ1) is 8.87. The second-order valence-corrected chi connectivity index (χ2v) is 6.44. The first-order valence-electron chi connectivity index (χ1n) is 5.66. The molecule has 0 amide bonds. The summed E-state index contributed by atoms with van der Waals surface area (Å²) < 4.78 is 30.1. The van der Waals surface area contributed by atoms with E-state index in [1.54, 1.807) is 12.1 Å². The van der Waals surface area contributed by atoms with Gasteiger partial charge < -0.3 is 4.74 Å². The van der Waals surface area contributed by atoms with Gasteiger partial charge in [0.2, 0.25) is 10.0 Å². The fourth-order valence-electron chi connectivity index (χ4n) is 1.48. The lowest BCUT2D eigenvalue weighted by Gasteiger charge is -2.16. The molecule has 7 heteroatoms. The molecule has 0 bridgehead atoms. The number of hydrogen-bond donors (Lipinski definition) is 0. The number of hydrogen-bond acceptors (Lipinski definition) is 4. The van der Waals surface area contributed by atoms with Crippen molar-refractivity contribution >= 4 is 27.6 Å². The molecule has 0 aliphatic carbocycles. The van der Waals surface area contributed by atoms with Gasteiger partial charge in [0.05, 0.1) is 12.0 Å². The molecule has 0 N–H and O–H groups in total. The summed E-state index contributed by atoms with van der Waals surface area (Å²) in [6.45, 7) is 0.240. The highest BCUT2D eigenvalue weighted by Crippen LogP contribution is 2.18. The van der Waals surface area contributed by atoms with Gasteiger partial charge in [0.25, 0.3) is 0 Å². The van der Waals surface area contributed by atoms with E-state index in [1.807, 2.05) is 0 Å². The normalized spacial score (nSPS) is 11.6. The Hall–Kier alpha value is -1.11. The molecular formula is C12H16ClNO4S. The lowest BCUT2D eigenvalue weighted by molar-refractivity contribution is -0.140. The smallest absolute Gasteiger partial charge is 0.305 e. The Balaban J connectivity index is 2.70. The third kappa shape index (κ3) is 4.49. The minimum absolute atomic E-state index is 0.139. The van der Waals surface area contributed by atoms with Crippen LogP contribution in [0.5, 0.6) is 0 Å². The fraction of sp³-hybridized carbons (Fsp3) is 0.417. The second kappa shape index (κ2) is 6.88. The van der Waals surface area contributed by atoms with Gasteiger partial charge in [-0.25, -0.2) is 12.7 Å². The number of carbonyl (C=O) groups is 1. The third-order valence-corrected chi connectivity index (χ3v) is 4.67. The fourth-order valence-corrected chi connectivity index (χ4v) is 2.99. The molecule has 0 aromatic heterocycles. The monoisotopic (exact) mass is 305 g/mol. The molecule has 0 heterocycles. The Labute approximate surface area is 118 Å². The van der Waals surface area contributed by atoms with Crippen LogP contribution in [-0.2, 0) is 19.6 Å². The van der Waals surface area contributed by atoms with Crippen LogP contribution in [0.3, 0.4) is 0 Å². The van der Waals surface area contributed by atoms with E-state index in [-0.39, 0.29) is 23.8 Å². The number of methoxy groups -OCH3 is 1. The van der Waals surface area contributed by atoms with Gasteiger partial charge in [-0.15, -0.1) is 0 Å². The zero-order valence-corrected chi connectivity index (χ0v) is 12.4. The summed E-state index contributed by atoms with van der Waals surface area (Å²) in [6.07, 6.45) is 0.592. The summed E-state index contributed by atoms with van der Waals surface area (Å²) in [5.74, 6) is -0.353. The highest BCUT2D eigenvalue weighted by Gasteiger charge is 2.20. The molecule has 1 aromatic carbocycles. The molecule has 0 radical (unpaired) electrons. The van der Waals surface area contributed by atoms with E-state index < -0.39 is 10.0 Å². The molecule has 0 aliphatic heterocycles. The molecule has 1 rings (SSSR count). The van der Waals surface area contributed by atoms with Gasteiger partial charge in [0, 0.05) is 25.0 Å². The minimum Gasteiger partial charge on any atom is -0.469 e. The molecule has 1 aromatic rings. The SMILES string of the molecule is COC(=O)CCCN(C)S(=O)(=O)c1cccc(Cl)c1. The Morgan fingerprint density at radius 3 is 2.68 bits per heavy atom. The number of benzene rings is 1. The molecule has 5 nitrogen and oxygen atoms in total. The maximum atomic E-state index is 12.2. The third-order valence-electron chi connectivity index (χ3n) is 2.59. The number of nitrogens with zero attached hydrogens (tertiary/aromatic N) is 1. The predicted molar refractivity (Wildman–Crippen MR) is 72.5 cm³/mol. The molecule has 106 valence electrons. The van der Waals surface area contributed by atoms with Crippen LogP contribution in [0.25, 0.3) is 0 Å². The number of halogens is 1. The van der Waals surface area contributed by atoms with Crippen molar-refractivity contribution < 1.29 is 17.9 Å². The zero-order chi connectivity index (χ0) is 14.5. The van der Waals surface area contributed by atoms with Gasteiger partial charge in [-0.3, -0.25) is 4.79 Å². The average molecular weight is 306 g/mol. The van der Waals surface area contributed by atoms with Crippen LogP contribution in [0.1, 0.15) is 12.8 Å². The van der Waals surface area contributed by atoms with Crippen LogP contribution >= 0.6 is 11.6 Å². The number of carbonyl (C=O) groups excluding carboxylic acids is 1. The topological polar surface area (TPSA) is 63.7 Å². The first kappa shape index (κ1) is 15.9. The average Bonchev–Trinajstić information content (AvgIpc) is 2.38. The lowest BCUT2D eigenvalue weighted by Crippen LogP contribution is -2.28. The van der Waals surface area contributed by atoms with Crippen molar-refractivity contribution in [1.29, 1.82) is 0 Å². The Morgan fingerprint density at radius 1 is 1.42 bits per heavy atom. The standard InChI is InChI=1S/C12H16ClNO4S/c1-14(8-4-7-12(15)18-2)19(16,17)11-6-3-5-10(13)9-11/h3,5-6,9H,4,7-8H2,1-2H3. The summed E-state index contributed by atoms with van der Waals surface area (Å²) in [5.41, 5.74) is 0. The maximum Gasteiger partial charge on any atom is 0.305 e. The van der Waals surface area contributed by atoms with Crippen molar-refractivity contribution in [3.05, 3.63) is 29.3 Å². The quantitative estimate of drug-likeness (QED) is 0.753. The summed E-state index contributed by atoms with van der Waals surface area (Å²) in [5, 5.41) is 0.365. The molecule has 0 spiro atoms. The van der Waals surface area contributed by atoms with Gasteiger partial charge in [0.1, 0.15) is 0 Å². The Morgan fingerprint density at radius 2 is 2.11 bits per heavy atom. The minimum atomic E-state index is -3.57. The van der Waals surface area contributed by atoms with E-state index in [2.05, 4.69) is 4.74 Å². The van der Waals surface area contributed by atoms with Gasteiger partial charge in [-0.2, -0.15) is 0 Å². The summed E-state index contributed by atoms with van der Waals surface area (Å²) in [6, 6.07) is 6.07. The van der Waals surface area contributed by atoms with Gasteiger partial charge >= 0.3 is 5.97 Å². The van der Waals surface area contributed by atoms with Crippen molar-refractivity contribution in [1.82, 2.24) is 4.31 Å². The van der Waals surface area contributed by atoms with Crippen molar-refractivity contribution in [3.63, 3.8) is 0 Å². The van der Waals surface area contributed by atoms with E-state index in [0.717, 1.165) is 0 Å². The predicted octanol–water partition coefficient (Wildman–Crippen LogP) is 1.91. The highest BCUT2D eigenvalue weighted by molar-refractivity contribution is 7.89. The Kier molecular flexibility index (Phi) is 5.78. The van der Waals surface area contributed by atoms with Crippen LogP contribution < -0.4 is 0 Å². The molecule has 0 aliphatic rings. The molecule has 0 saturated heterocycles. The van der Waals surface area contributed by atoms with E-state index in [4.69, 9.17) is 11.6 Å². The molecular weight excluding hydrogens is 290 g/mol. The van der Waals surface area contributed by atoms with Gasteiger partial charge in [-0.1, -0.05) is 17.7 Å². The summed E-state index contributed by atoms with van der Waals surface area (Å²) in [7, 11) is -0.803. The zero-order valence-electron chi connectivity index (χ0n) is 10.8. The van der Waals surface area contributed by atoms with Crippen molar-refractivity contribution in [2.45, 2.75) is 17.7 Å². The molecule has 0 saturated carbocycles. The number of ether oxygens (including phenoxy) is 1. The van der Waals surface area contributed by atoms with Crippen LogP contribution in [-0.4, -0.2) is 39.4 Å². The van der Waals surface area contributed by atoms with Crippen LogP contribution in [0, 0.1) is 0 Å². The molecule has 0 atom stereocenters.